The predicted octanol–water partition coefficient (Wildman–Crippen LogP) is 1.80. The number of aliphatic carboxylic acids is 1. The smallest absolute Gasteiger partial charge is 0.303 e. The molecule has 0 aromatic heterocycles. The van der Waals surface area contributed by atoms with E-state index in [1.54, 1.807) is 0 Å². The maximum Gasteiger partial charge on any atom is 0.303 e. The lowest BCUT2D eigenvalue weighted by molar-refractivity contribution is -0.137. The molecule has 0 radical (unpaired) electrons. The molecule has 0 aromatic rings. The monoisotopic (exact) mass is 225 g/mol. The molecule has 0 spiro atoms. The van der Waals surface area contributed by atoms with Gasteiger partial charge < -0.3 is 10.8 Å². The molecule has 0 aliphatic heterocycles. The Bertz CT molecular complexity index is 159. The van der Waals surface area contributed by atoms with Crippen LogP contribution in [0.15, 0.2) is 0 Å². The average Bonchev–Trinajstić information content (AvgIpc) is 1.82. The van der Waals surface area contributed by atoms with Crippen molar-refractivity contribution in [3.8, 4) is 0 Å². The molecule has 5 heteroatoms. The third-order valence-corrected chi connectivity index (χ3v) is 3.50. The molecule has 1 unspecified atom stereocenters. The summed E-state index contributed by atoms with van der Waals surface area (Å²) < 4.78 is 0. The van der Waals surface area contributed by atoms with Gasteiger partial charge in [0.05, 0.1) is 0 Å². The van der Waals surface area contributed by atoms with E-state index in [0.29, 0.717) is 6.54 Å². The molecule has 0 heterocycles. The van der Waals surface area contributed by atoms with Crippen molar-refractivity contribution in [3.63, 3.8) is 0 Å². The SMILES string of the molecule is C[Si](C)(C)CC(CN)CC(=O)O.Cl. The highest BCUT2D eigenvalue weighted by Gasteiger charge is 2.21. The molecule has 0 aliphatic carbocycles. The Kier molecular flexibility index (Phi) is 7.59. The molecule has 13 heavy (non-hydrogen) atoms. The maximum atomic E-state index is 10.4. The van der Waals surface area contributed by atoms with Gasteiger partial charge in [-0.05, 0) is 12.5 Å². The molecule has 0 saturated heterocycles. The summed E-state index contributed by atoms with van der Waals surface area (Å²) in [5.74, 6) is -0.558. The number of carboxylic acid groups (broad SMARTS) is 1. The first kappa shape index (κ1) is 15.4. The van der Waals surface area contributed by atoms with E-state index in [1.807, 2.05) is 0 Å². The van der Waals surface area contributed by atoms with E-state index in [4.69, 9.17) is 10.8 Å². The highest BCUT2D eigenvalue weighted by molar-refractivity contribution is 6.76. The van der Waals surface area contributed by atoms with Crippen LogP contribution in [-0.4, -0.2) is 25.7 Å². The normalized spacial score (nSPS) is 13.2. The summed E-state index contributed by atoms with van der Waals surface area (Å²) in [4.78, 5) is 10.4. The zero-order valence-corrected chi connectivity index (χ0v) is 10.4. The molecular formula is C8H20ClNO2Si. The number of carboxylic acids is 1. The molecule has 0 bridgehead atoms. The van der Waals surface area contributed by atoms with Crippen molar-refractivity contribution in [3.05, 3.63) is 0 Å². The second kappa shape index (κ2) is 6.40. The van der Waals surface area contributed by atoms with Crippen LogP contribution < -0.4 is 5.73 Å². The Morgan fingerprint density at radius 1 is 1.46 bits per heavy atom. The van der Waals surface area contributed by atoms with Crippen LogP contribution in [-0.2, 0) is 4.79 Å². The lowest BCUT2D eigenvalue weighted by atomic mass is 10.1. The first-order chi connectivity index (χ1) is 5.35. The van der Waals surface area contributed by atoms with Gasteiger partial charge in [0.15, 0.2) is 0 Å². The van der Waals surface area contributed by atoms with Crippen LogP contribution in [0.5, 0.6) is 0 Å². The number of rotatable bonds is 5. The van der Waals surface area contributed by atoms with Gasteiger partial charge in [0, 0.05) is 14.5 Å². The van der Waals surface area contributed by atoms with Crippen molar-refractivity contribution >= 4 is 26.5 Å². The van der Waals surface area contributed by atoms with Crippen LogP contribution in [0, 0.1) is 5.92 Å². The number of halogens is 1. The first-order valence-electron chi connectivity index (χ1n) is 4.27. The largest absolute Gasteiger partial charge is 0.481 e. The van der Waals surface area contributed by atoms with Gasteiger partial charge in [-0.3, -0.25) is 4.79 Å². The van der Waals surface area contributed by atoms with E-state index >= 15 is 0 Å². The van der Waals surface area contributed by atoms with Crippen molar-refractivity contribution in [2.24, 2.45) is 11.7 Å². The lowest BCUT2D eigenvalue weighted by Crippen LogP contribution is -2.29. The van der Waals surface area contributed by atoms with Crippen LogP contribution in [0.25, 0.3) is 0 Å². The standard InChI is InChI=1S/C8H19NO2Si.ClH/c1-12(2,3)6-7(5-9)4-8(10)11;/h7H,4-6,9H2,1-3H3,(H,10,11);1H. The molecule has 80 valence electrons. The quantitative estimate of drug-likeness (QED) is 0.702. The van der Waals surface area contributed by atoms with Crippen molar-refractivity contribution < 1.29 is 9.90 Å². The number of carbonyl (C=O) groups is 1. The van der Waals surface area contributed by atoms with Gasteiger partial charge in [-0.1, -0.05) is 25.7 Å². The van der Waals surface area contributed by atoms with Gasteiger partial charge in [-0.25, -0.2) is 0 Å². The third-order valence-electron chi connectivity index (χ3n) is 1.70. The molecule has 1 atom stereocenters. The number of nitrogens with two attached hydrogens (primary N) is 1. The fraction of sp³-hybridized carbons (Fsp3) is 0.875. The van der Waals surface area contributed by atoms with Crippen molar-refractivity contribution in [2.45, 2.75) is 32.1 Å². The molecular weight excluding hydrogens is 206 g/mol. The van der Waals surface area contributed by atoms with E-state index in [9.17, 15) is 4.79 Å². The van der Waals surface area contributed by atoms with E-state index in [0.717, 1.165) is 6.04 Å². The summed E-state index contributed by atoms with van der Waals surface area (Å²) in [6.45, 7) is 7.20. The van der Waals surface area contributed by atoms with E-state index in [-0.39, 0.29) is 24.7 Å². The minimum absolute atomic E-state index is 0. The maximum absolute atomic E-state index is 10.4. The van der Waals surface area contributed by atoms with Crippen molar-refractivity contribution in [2.75, 3.05) is 6.54 Å². The summed E-state index contributed by atoms with van der Waals surface area (Å²) in [6.07, 6.45) is 0.223. The summed E-state index contributed by atoms with van der Waals surface area (Å²) >= 11 is 0. The second-order valence-corrected chi connectivity index (χ2v) is 9.99. The summed E-state index contributed by atoms with van der Waals surface area (Å²) in [6, 6.07) is 1.01. The zero-order chi connectivity index (χ0) is 9.78. The Balaban J connectivity index is 0. The average molecular weight is 226 g/mol. The lowest BCUT2D eigenvalue weighted by Gasteiger charge is -2.21. The second-order valence-electron chi connectivity index (χ2n) is 4.46. The topological polar surface area (TPSA) is 63.3 Å². The minimum Gasteiger partial charge on any atom is -0.481 e. The highest BCUT2D eigenvalue weighted by atomic mass is 35.5. The van der Waals surface area contributed by atoms with Crippen LogP contribution in [0.3, 0.4) is 0 Å². The molecule has 0 saturated carbocycles. The van der Waals surface area contributed by atoms with Gasteiger partial charge in [-0.2, -0.15) is 0 Å². The summed E-state index contributed by atoms with van der Waals surface area (Å²) in [5, 5.41) is 8.57. The molecule has 0 aliphatic rings. The van der Waals surface area contributed by atoms with Crippen LogP contribution in [0.2, 0.25) is 25.7 Å². The fourth-order valence-electron chi connectivity index (χ4n) is 1.35. The Morgan fingerprint density at radius 2 is 1.92 bits per heavy atom. The van der Waals surface area contributed by atoms with Crippen LogP contribution >= 0.6 is 12.4 Å². The zero-order valence-electron chi connectivity index (χ0n) is 8.54. The Hall–Kier alpha value is -0.0631. The van der Waals surface area contributed by atoms with Gasteiger partial charge in [0.1, 0.15) is 0 Å². The Morgan fingerprint density at radius 3 is 2.15 bits per heavy atom. The highest BCUT2D eigenvalue weighted by Crippen LogP contribution is 2.18. The molecule has 3 nitrogen and oxygen atoms in total. The number of hydrogen-bond donors (Lipinski definition) is 2. The summed E-state index contributed by atoms with van der Waals surface area (Å²) in [5.41, 5.74) is 5.49. The molecule has 0 rings (SSSR count). The third kappa shape index (κ3) is 9.85. The van der Waals surface area contributed by atoms with Crippen molar-refractivity contribution in [1.29, 1.82) is 0 Å². The summed E-state index contributed by atoms with van der Waals surface area (Å²) in [7, 11) is -1.15. The predicted molar refractivity (Wildman–Crippen MR) is 60.2 cm³/mol. The molecule has 0 amide bonds. The van der Waals surface area contributed by atoms with E-state index in [1.165, 1.54) is 0 Å². The number of hydrogen-bond acceptors (Lipinski definition) is 2. The Labute approximate surface area is 87.1 Å². The van der Waals surface area contributed by atoms with Gasteiger partial charge in [-0.15, -0.1) is 12.4 Å². The van der Waals surface area contributed by atoms with Gasteiger partial charge in [0.25, 0.3) is 0 Å². The van der Waals surface area contributed by atoms with E-state index in [2.05, 4.69) is 19.6 Å². The fourth-order valence-corrected chi connectivity index (χ4v) is 3.39. The first-order valence-corrected chi connectivity index (χ1v) is 7.97. The molecule has 0 fully saturated rings. The minimum atomic E-state index is -1.15. The van der Waals surface area contributed by atoms with E-state index < -0.39 is 14.0 Å². The molecule has 3 N–H and O–H groups in total. The van der Waals surface area contributed by atoms with Gasteiger partial charge in [0.2, 0.25) is 0 Å². The van der Waals surface area contributed by atoms with Crippen LogP contribution in [0.1, 0.15) is 6.42 Å². The molecule has 0 aromatic carbocycles. The van der Waals surface area contributed by atoms with Gasteiger partial charge >= 0.3 is 5.97 Å². The van der Waals surface area contributed by atoms with Crippen molar-refractivity contribution in [1.82, 2.24) is 0 Å². The van der Waals surface area contributed by atoms with Crippen LogP contribution in [0.4, 0.5) is 0 Å².